The molecule has 0 aromatic carbocycles. The van der Waals surface area contributed by atoms with Crippen LogP contribution in [0.15, 0.2) is 27.2 Å². The number of hydrogen-bond acceptors (Lipinski definition) is 5. The van der Waals surface area contributed by atoms with Crippen LogP contribution in [-0.4, -0.2) is 21.3 Å². The minimum Gasteiger partial charge on any atom is -0.478 e. The van der Waals surface area contributed by atoms with Crippen molar-refractivity contribution >= 4 is 23.6 Å². The summed E-state index contributed by atoms with van der Waals surface area (Å²) in [7, 11) is 0. The van der Waals surface area contributed by atoms with E-state index in [9.17, 15) is 4.79 Å². The second-order valence-corrected chi connectivity index (χ2v) is 3.07. The van der Waals surface area contributed by atoms with E-state index >= 15 is 0 Å². The lowest BCUT2D eigenvalue weighted by Crippen LogP contribution is -1.85. The zero-order chi connectivity index (χ0) is 11.5. The summed E-state index contributed by atoms with van der Waals surface area (Å²) in [5.41, 5.74) is 0.462. The third-order valence-electron chi connectivity index (χ3n) is 1.66. The number of carboxylic acids is 1. The number of rotatable bonds is 3. The van der Waals surface area contributed by atoms with Crippen molar-refractivity contribution in [2.75, 3.05) is 0 Å². The molecule has 0 atom stereocenters. The fourth-order valence-electron chi connectivity index (χ4n) is 1.000. The van der Waals surface area contributed by atoms with Crippen molar-refractivity contribution in [3.05, 3.63) is 29.5 Å². The van der Waals surface area contributed by atoms with E-state index in [0.29, 0.717) is 5.56 Å². The molecule has 2 heterocycles. The molecule has 2 aromatic rings. The first kappa shape index (κ1) is 10.4. The van der Waals surface area contributed by atoms with E-state index in [-0.39, 0.29) is 17.0 Å². The summed E-state index contributed by atoms with van der Waals surface area (Å²) in [6.45, 7) is 0. The fourth-order valence-corrected chi connectivity index (χ4v) is 1.19. The van der Waals surface area contributed by atoms with E-state index in [0.717, 1.165) is 6.08 Å². The molecule has 6 nitrogen and oxygen atoms in total. The van der Waals surface area contributed by atoms with Crippen molar-refractivity contribution in [1.29, 1.82) is 0 Å². The fraction of sp³-hybridized carbons (Fsp3) is 0. The van der Waals surface area contributed by atoms with Gasteiger partial charge in [-0.3, -0.25) is 0 Å². The van der Waals surface area contributed by atoms with Crippen molar-refractivity contribution < 1.29 is 18.7 Å². The Morgan fingerprint density at radius 1 is 1.50 bits per heavy atom. The van der Waals surface area contributed by atoms with Crippen LogP contribution in [0.1, 0.15) is 5.89 Å². The third-order valence-corrected chi connectivity index (χ3v) is 1.95. The van der Waals surface area contributed by atoms with Gasteiger partial charge in [-0.2, -0.15) is 0 Å². The second-order valence-electron chi connectivity index (χ2n) is 2.73. The van der Waals surface area contributed by atoms with E-state index in [1.54, 1.807) is 6.07 Å². The largest absolute Gasteiger partial charge is 0.478 e. The number of aromatic nitrogens is 2. The van der Waals surface area contributed by atoms with Crippen LogP contribution in [0.25, 0.3) is 17.5 Å². The van der Waals surface area contributed by atoms with Crippen molar-refractivity contribution in [3.8, 4) is 11.5 Å². The van der Waals surface area contributed by atoms with Gasteiger partial charge < -0.3 is 13.9 Å². The van der Waals surface area contributed by atoms with Gasteiger partial charge in [0.2, 0.25) is 11.1 Å². The number of halogens is 1. The molecular formula is C9H5ClN2O4. The maximum Gasteiger partial charge on any atom is 0.328 e. The molecule has 16 heavy (non-hydrogen) atoms. The highest BCUT2D eigenvalue weighted by Gasteiger charge is 2.12. The molecule has 2 aromatic heterocycles. The molecule has 2 rings (SSSR count). The Morgan fingerprint density at radius 2 is 2.31 bits per heavy atom. The molecule has 0 spiro atoms. The monoisotopic (exact) mass is 240 g/mol. The first-order valence-electron chi connectivity index (χ1n) is 4.14. The van der Waals surface area contributed by atoms with Gasteiger partial charge in [0, 0.05) is 12.2 Å². The van der Waals surface area contributed by atoms with Gasteiger partial charge in [-0.1, -0.05) is 0 Å². The molecule has 0 saturated heterocycles. The van der Waals surface area contributed by atoms with Crippen LogP contribution in [0.3, 0.4) is 0 Å². The minimum absolute atomic E-state index is 0.0784. The Bertz CT molecular complexity index is 543. The van der Waals surface area contributed by atoms with Crippen LogP contribution in [0, 0.1) is 0 Å². The molecule has 0 bridgehead atoms. The van der Waals surface area contributed by atoms with Gasteiger partial charge in [0.15, 0.2) is 0 Å². The Labute approximate surface area is 94.1 Å². The summed E-state index contributed by atoms with van der Waals surface area (Å²) >= 11 is 5.70. The van der Waals surface area contributed by atoms with E-state index in [4.69, 9.17) is 25.5 Å². The van der Waals surface area contributed by atoms with Gasteiger partial charge in [0.25, 0.3) is 5.89 Å². The zero-order valence-corrected chi connectivity index (χ0v) is 8.51. The Kier molecular flexibility index (Phi) is 2.74. The standard InChI is InChI=1S/C9H5ClN2O4/c10-8-5(3-4-15-8)9-12-11-6(16-9)1-2-7(13)14/h1-4H,(H,13,14)/b2-1+. The molecular weight excluding hydrogens is 236 g/mol. The van der Waals surface area contributed by atoms with Crippen LogP contribution >= 0.6 is 11.6 Å². The van der Waals surface area contributed by atoms with Gasteiger partial charge in [-0.15, -0.1) is 10.2 Å². The maximum absolute atomic E-state index is 10.2. The van der Waals surface area contributed by atoms with Crippen LogP contribution < -0.4 is 0 Å². The predicted molar refractivity (Wildman–Crippen MR) is 53.7 cm³/mol. The highest BCUT2D eigenvalue weighted by Crippen LogP contribution is 2.27. The van der Waals surface area contributed by atoms with Crippen molar-refractivity contribution in [2.45, 2.75) is 0 Å². The smallest absolute Gasteiger partial charge is 0.328 e. The Balaban J connectivity index is 2.27. The van der Waals surface area contributed by atoms with Gasteiger partial charge in [0.05, 0.1) is 11.8 Å². The van der Waals surface area contributed by atoms with Gasteiger partial charge in [0.1, 0.15) is 0 Å². The normalized spacial score (nSPS) is 11.1. The van der Waals surface area contributed by atoms with E-state index in [1.807, 2.05) is 0 Å². The highest BCUT2D eigenvalue weighted by atomic mass is 35.5. The predicted octanol–water partition coefficient (Wildman–Crippen LogP) is 2.08. The van der Waals surface area contributed by atoms with E-state index in [2.05, 4.69) is 10.2 Å². The highest BCUT2D eigenvalue weighted by molar-refractivity contribution is 6.31. The van der Waals surface area contributed by atoms with Crippen LogP contribution in [0.5, 0.6) is 0 Å². The molecule has 0 aliphatic heterocycles. The molecule has 0 saturated carbocycles. The summed E-state index contributed by atoms with van der Waals surface area (Å²) in [5.74, 6) is -0.848. The third kappa shape index (κ3) is 2.12. The van der Waals surface area contributed by atoms with Gasteiger partial charge >= 0.3 is 5.97 Å². The maximum atomic E-state index is 10.2. The quantitative estimate of drug-likeness (QED) is 0.826. The summed E-state index contributed by atoms with van der Waals surface area (Å²) < 4.78 is 9.99. The zero-order valence-electron chi connectivity index (χ0n) is 7.75. The minimum atomic E-state index is -1.10. The number of aliphatic carboxylic acids is 1. The number of furan rings is 1. The lowest BCUT2D eigenvalue weighted by Gasteiger charge is -1.86. The summed E-state index contributed by atoms with van der Waals surface area (Å²) in [6.07, 6.45) is 3.47. The first-order valence-corrected chi connectivity index (χ1v) is 4.52. The van der Waals surface area contributed by atoms with E-state index < -0.39 is 5.97 Å². The lowest BCUT2D eigenvalue weighted by atomic mass is 10.3. The summed E-state index contributed by atoms with van der Waals surface area (Å²) in [6, 6.07) is 1.57. The molecule has 0 fully saturated rings. The first-order chi connectivity index (χ1) is 7.66. The van der Waals surface area contributed by atoms with Crippen molar-refractivity contribution in [2.24, 2.45) is 0 Å². The molecule has 7 heteroatoms. The molecule has 0 aliphatic rings. The number of nitrogens with zero attached hydrogens (tertiary/aromatic N) is 2. The number of hydrogen-bond donors (Lipinski definition) is 1. The average molecular weight is 241 g/mol. The molecule has 82 valence electrons. The number of carbonyl (C=O) groups is 1. The Morgan fingerprint density at radius 3 is 2.94 bits per heavy atom. The van der Waals surface area contributed by atoms with E-state index in [1.165, 1.54) is 12.3 Å². The van der Waals surface area contributed by atoms with Crippen molar-refractivity contribution in [1.82, 2.24) is 10.2 Å². The lowest BCUT2D eigenvalue weighted by molar-refractivity contribution is -0.131. The van der Waals surface area contributed by atoms with Crippen LogP contribution in [0.2, 0.25) is 5.22 Å². The molecule has 1 N–H and O–H groups in total. The molecule has 0 amide bonds. The number of carboxylic acid groups (broad SMARTS) is 1. The van der Waals surface area contributed by atoms with Gasteiger partial charge in [-0.25, -0.2) is 4.79 Å². The topological polar surface area (TPSA) is 89.4 Å². The van der Waals surface area contributed by atoms with Gasteiger partial charge in [-0.05, 0) is 17.7 Å². The average Bonchev–Trinajstić information content (AvgIpc) is 2.83. The molecule has 0 unspecified atom stereocenters. The van der Waals surface area contributed by atoms with Crippen molar-refractivity contribution in [3.63, 3.8) is 0 Å². The molecule has 0 radical (unpaired) electrons. The second kappa shape index (κ2) is 4.19. The molecule has 0 aliphatic carbocycles. The van der Waals surface area contributed by atoms with Crippen LogP contribution in [-0.2, 0) is 4.79 Å². The SMILES string of the molecule is O=C(O)/C=C/c1nnc(-c2ccoc2Cl)o1. The van der Waals surface area contributed by atoms with Crippen LogP contribution in [0.4, 0.5) is 0 Å². The summed E-state index contributed by atoms with van der Waals surface area (Å²) in [5, 5.41) is 15.8. The Hall–Kier alpha value is -2.08. The summed E-state index contributed by atoms with van der Waals surface area (Å²) in [4.78, 5) is 10.2.